The molecule has 2 N–H and O–H groups in total. The average molecular weight is 266 g/mol. The first-order valence-corrected chi connectivity index (χ1v) is 6.91. The van der Waals surface area contributed by atoms with Crippen LogP contribution in [0.3, 0.4) is 0 Å². The maximum absolute atomic E-state index is 14.1. The monoisotopic (exact) mass is 266 g/mol. The van der Waals surface area contributed by atoms with Gasteiger partial charge in [-0.25, -0.2) is 4.39 Å². The highest BCUT2D eigenvalue weighted by molar-refractivity contribution is 5.31. The Balaban J connectivity index is 2.04. The summed E-state index contributed by atoms with van der Waals surface area (Å²) in [4.78, 5) is 2.29. The van der Waals surface area contributed by atoms with Gasteiger partial charge >= 0.3 is 0 Å². The van der Waals surface area contributed by atoms with Crippen LogP contribution in [-0.4, -0.2) is 31.1 Å². The van der Waals surface area contributed by atoms with E-state index < -0.39 is 0 Å². The number of benzene rings is 1. The normalized spacial score (nSPS) is 22.2. The molecule has 0 bridgehead atoms. The standard InChI is InChI=1S/C15H23FN2O/c1-11(17)12-6-4-8-18(9-12)10-13-5-3-7-14(19-2)15(13)16/h3,5,7,11-12H,4,6,8-10,17H2,1-2H3. The highest BCUT2D eigenvalue weighted by Crippen LogP contribution is 2.24. The maximum Gasteiger partial charge on any atom is 0.169 e. The van der Waals surface area contributed by atoms with Crippen LogP contribution in [0, 0.1) is 11.7 Å². The number of nitrogens with zero attached hydrogens (tertiary/aromatic N) is 1. The van der Waals surface area contributed by atoms with Gasteiger partial charge in [0.25, 0.3) is 0 Å². The van der Waals surface area contributed by atoms with Crippen LogP contribution in [0.4, 0.5) is 4.39 Å². The van der Waals surface area contributed by atoms with Crippen LogP contribution >= 0.6 is 0 Å². The third kappa shape index (κ3) is 3.45. The van der Waals surface area contributed by atoms with Crippen molar-refractivity contribution in [2.45, 2.75) is 32.4 Å². The van der Waals surface area contributed by atoms with Crippen molar-refractivity contribution in [3.8, 4) is 5.75 Å². The summed E-state index contributed by atoms with van der Waals surface area (Å²) >= 11 is 0. The molecule has 106 valence electrons. The molecule has 0 spiro atoms. The molecule has 1 aromatic carbocycles. The van der Waals surface area contributed by atoms with Crippen molar-refractivity contribution in [3.05, 3.63) is 29.6 Å². The highest BCUT2D eigenvalue weighted by Gasteiger charge is 2.23. The minimum Gasteiger partial charge on any atom is -0.494 e. The molecule has 0 amide bonds. The zero-order chi connectivity index (χ0) is 13.8. The zero-order valence-corrected chi connectivity index (χ0v) is 11.7. The average Bonchev–Trinajstić information content (AvgIpc) is 2.41. The lowest BCUT2D eigenvalue weighted by atomic mass is 9.92. The Morgan fingerprint density at radius 1 is 1.53 bits per heavy atom. The summed E-state index contributed by atoms with van der Waals surface area (Å²) in [5.74, 6) is 0.591. The number of methoxy groups -OCH3 is 1. The van der Waals surface area contributed by atoms with Gasteiger partial charge in [-0.3, -0.25) is 4.90 Å². The van der Waals surface area contributed by atoms with E-state index in [2.05, 4.69) is 11.8 Å². The van der Waals surface area contributed by atoms with Crippen molar-refractivity contribution in [1.29, 1.82) is 0 Å². The lowest BCUT2D eigenvalue weighted by Crippen LogP contribution is -2.42. The third-order valence-electron chi connectivity index (χ3n) is 3.94. The Morgan fingerprint density at radius 2 is 2.32 bits per heavy atom. The Morgan fingerprint density at radius 3 is 3.00 bits per heavy atom. The molecule has 3 nitrogen and oxygen atoms in total. The second-order valence-electron chi connectivity index (χ2n) is 5.43. The summed E-state index contributed by atoms with van der Waals surface area (Å²) < 4.78 is 19.1. The van der Waals surface area contributed by atoms with Crippen LogP contribution in [0.5, 0.6) is 5.75 Å². The zero-order valence-electron chi connectivity index (χ0n) is 11.7. The lowest BCUT2D eigenvalue weighted by molar-refractivity contribution is 0.152. The van der Waals surface area contributed by atoms with E-state index in [4.69, 9.17) is 10.5 Å². The van der Waals surface area contributed by atoms with Crippen molar-refractivity contribution < 1.29 is 9.13 Å². The summed E-state index contributed by atoms with van der Waals surface area (Å²) in [5.41, 5.74) is 6.68. The molecule has 2 atom stereocenters. The molecule has 1 aliphatic heterocycles. The molecule has 2 rings (SSSR count). The number of hydrogen-bond donors (Lipinski definition) is 1. The van der Waals surface area contributed by atoms with Crippen LogP contribution in [0.15, 0.2) is 18.2 Å². The van der Waals surface area contributed by atoms with Gasteiger partial charge in [-0.05, 0) is 38.3 Å². The fourth-order valence-corrected chi connectivity index (χ4v) is 2.74. The molecule has 1 saturated heterocycles. The minimum absolute atomic E-state index is 0.206. The van der Waals surface area contributed by atoms with Crippen molar-refractivity contribution in [2.75, 3.05) is 20.2 Å². The van der Waals surface area contributed by atoms with E-state index in [0.29, 0.717) is 23.8 Å². The highest BCUT2D eigenvalue weighted by atomic mass is 19.1. The Labute approximate surface area is 114 Å². The summed E-state index contributed by atoms with van der Waals surface area (Å²) in [6.45, 7) is 4.65. The Kier molecular flexibility index (Phi) is 4.77. The van der Waals surface area contributed by atoms with Gasteiger partial charge in [0.05, 0.1) is 7.11 Å². The molecule has 2 unspecified atom stereocenters. The lowest BCUT2D eigenvalue weighted by Gasteiger charge is -2.34. The fraction of sp³-hybridized carbons (Fsp3) is 0.600. The SMILES string of the molecule is COc1cccc(CN2CCCC(C(C)N)C2)c1F. The molecule has 1 aromatic rings. The van der Waals surface area contributed by atoms with Gasteiger partial charge in [-0.2, -0.15) is 0 Å². The smallest absolute Gasteiger partial charge is 0.169 e. The molecule has 0 aromatic heterocycles. The topological polar surface area (TPSA) is 38.5 Å². The van der Waals surface area contributed by atoms with E-state index in [1.807, 2.05) is 12.1 Å². The fourth-order valence-electron chi connectivity index (χ4n) is 2.74. The predicted molar refractivity (Wildman–Crippen MR) is 74.6 cm³/mol. The molecule has 1 fully saturated rings. The maximum atomic E-state index is 14.1. The number of hydrogen-bond acceptors (Lipinski definition) is 3. The van der Waals surface area contributed by atoms with Crippen LogP contribution in [0.2, 0.25) is 0 Å². The largest absolute Gasteiger partial charge is 0.494 e. The van der Waals surface area contributed by atoms with Gasteiger partial charge in [-0.1, -0.05) is 12.1 Å². The van der Waals surface area contributed by atoms with Crippen LogP contribution < -0.4 is 10.5 Å². The first kappa shape index (κ1) is 14.3. The van der Waals surface area contributed by atoms with E-state index >= 15 is 0 Å². The molecular formula is C15H23FN2O. The molecule has 0 aliphatic carbocycles. The Hall–Kier alpha value is -1.13. The van der Waals surface area contributed by atoms with E-state index in [-0.39, 0.29) is 11.9 Å². The molecular weight excluding hydrogens is 243 g/mol. The molecule has 1 aliphatic rings. The number of ether oxygens (including phenoxy) is 1. The second kappa shape index (κ2) is 6.35. The first-order chi connectivity index (χ1) is 9.11. The summed E-state index contributed by atoms with van der Waals surface area (Å²) in [5, 5.41) is 0. The van der Waals surface area contributed by atoms with Crippen molar-refractivity contribution in [1.82, 2.24) is 4.90 Å². The van der Waals surface area contributed by atoms with Crippen molar-refractivity contribution in [3.63, 3.8) is 0 Å². The third-order valence-corrected chi connectivity index (χ3v) is 3.94. The van der Waals surface area contributed by atoms with Gasteiger partial charge in [0.15, 0.2) is 11.6 Å². The van der Waals surface area contributed by atoms with Gasteiger partial charge in [-0.15, -0.1) is 0 Å². The van der Waals surface area contributed by atoms with Crippen LogP contribution in [-0.2, 0) is 6.54 Å². The predicted octanol–water partition coefficient (Wildman–Crippen LogP) is 2.39. The summed E-state index contributed by atoms with van der Waals surface area (Å²) in [6.07, 6.45) is 2.31. The van der Waals surface area contributed by atoms with Gasteiger partial charge in [0.2, 0.25) is 0 Å². The quantitative estimate of drug-likeness (QED) is 0.909. The van der Waals surface area contributed by atoms with E-state index in [9.17, 15) is 4.39 Å². The van der Waals surface area contributed by atoms with Gasteiger partial charge < -0.3 is 10.5 Å². The van der Waals surface area contributed by atoms with Crippen molar-refractivity contribution in [2.24, 2.45) is 11.7 Å². The number of likely N-dealkylation sites (tertiary alicyclic amines) is 1. The van der Waals surface area contributed by atoms with Gasteiger partial charge in [0, 0.05) is 24.7 Å². The number of piperidine rings is 1. The second-order valence-corrected chi connectivity index (χ2v) is 5.43. The molecule has 0 radical (unpaired) electrons. The van der Waals surface area contributed by atoms with E-state index in [0.717, 1.165) is 19.5 Å². The first-order valence-electron chi connectivity index (χ1n) is 6.91. The Bertz CT molecular complexity index is 423. The minimum atomic E-state index is -0.243. The van der Waals surface area contributed by atoms with Crippen LogP contribution in [0.25, 0.3) is 0 Å². The molecule has 4 heteroatoms. The molecule has 19 heavy (non-hydrogen) atoms. The summed E-state index contributed by atoms with van der Waals surface area (Å²) in [7, 11) is 1.50. The van der Waals surface area contributed by atoms with E-state index in [1.165, 1.54) is 13.5 Å². The number of rotatable bonds is 4. The van der Waals surface area contributed by atoms with Gasteiger partial charge in [0.1, 0.15) is 0 Å². The van der Waals surface area contributed by atoms with Crippen molar-refractivity contribution >= 4 is 0 Å². The molecule has 0 saturated carbocycles. The van der Waals surface area contributed by atoms with E-state index in [1.54, 1.807) is 6.07 Å². The number of nitrogens with two attached hydrogens (primary N) is 1. The summed E-state index contributed by atoms with van der Waals surface area (Å²) in [6, 6.07) is 5.52. The van der Waals surface area contributed by atoms with Crippen LogP contribution in [0.1, 0.15) is 25.3 Å². The number of halogens is 1. The molecule has 1 heterocycles.